The first-order valence-electron chi connectivity index (χ1n) is 7.19. The van der Waals surface area contributed by atoms with Gasteiger partial charge >= 0.3 is 11.9 Å². The minimum Gasteiger partial charge on any atom is -0.464 e. The summed E-state index contributed by atoms with van der Waals surface area (Å²) in [7, 11) is 0. The van der Waals surface area contributed by atoms with E-state index >= 15 is 0 Å². The minimum absolute atomic E-state index is 0.126. The first kappa shape index (κ1) is 17.5. The maximum atomic E-state index is 12.1. The van der Waals surface area contributed by atoms with Crippen LogP contribution >= 0.6 is 0 Å². The molecule has 0 aromatic heterocycles. The number of nitrogens with two attached hydrogens (primary N) is 2. The average Bonchev–Trinajstić information content (AvgIpc) is 2.51. The molecule has 7 heteroatoms. The van der Waals surface area contributed by atoms with Crippen LogP contribution in [-0.4, -0.2) is 37.0 Å². The van der Waals surface area contributed by atoms with Crippen molar-refractivity contribution >= 4 is 17.8 Å². The molecule has 0 radical (unpaired) electrons. The van der Waals surface area contributed by atoms with Crippen LogP contribution in [0.15, 0.2) is 30.3 Å². The molecule has 0 unspecified atom stereocenters. The van der Waals surface area contributed by atoms with Crippen molar-refractivity contribution in [1.82, 2.24) is 5.32 Å². The first-order valence-corrected chi connectivity index (χ1v) is 7.19. The van der Waals surface area contributed by atoms with Crippen molar-refractivity contribution < 1.29 is 19.3 Å². The Balaban J connectivity index is 2.63. The molecule has 0 aliphatic heterocycles. The molecule has 22 heavy (non-hydrogen) atoms. The maximum absolute atomic E-state index is 12.1. The van der Waals surface area contributed by atoms with Crippen LogP contribution in [0.4, 0.5) is 0 Å². The predicted octanol–water partition coefficient (Wildman–Crippen LogP) is -1.52. The number of carbonyl (C=O) groups is 2. The third-order valence-corrected chi connectivity index (χ3v) is 2.91. The van der Waals surface area contributed by atoms with Crippen molar-refractivity contribution in [2.75, 3.05) is 13.2 Å². The lowest BCUT2D eigenvalue weighted by molar-refractivity contribution is -0.459. The summed E-state index contributed by atoms with van der Waals surface area (Å²) in [5.74, 6) is -0.631. The highest BCUT2D eigenvalue weighted by atomic mass is 16.5. The van der Waals surface area contributed by atoms with E-state index in [0.717, 1.165) is 0 Å². The molecule has 1 aromatic carbocycles. The van der Waals surface area contributed by atoms with Crippen LogP contribution in [0.5, 0.6) is 0 Å². The Morgan fingerprint density at radius 1 is 1.27 bits per heavy atom. The minimum atomic E-state index is -0.701. The number of amides is 1. The maximum Gasteiger partial charge on any atom is 0.338 e. The van der Waals surface area contributed by atoms with Crippen LogP contribution in [0, 0.1) is 0 Å². The van der Waals surface area contributed by atoms with Crippen LogP contribution in [-0.2, 0) is 9.53 Å². The van der Waals surface area contributed by atoms with E-state index in [9.17, 15) is 9.59 Å². The summed E-state index contributed by atoms with van der Waals surface area (Å²) in [5, 5.41) is 2.70. The normalized spacial score (nSPS) is 11.3. The number of hydrogen-bond donors (Lipinski definition) is 4. The van der Waals surface area contributed by atoms with Gasteiger partial charge in [0.2, 0.25) is 0 Å². The fourth-order valence-electron chi connectivity index (χ4n) is 1.86. The van der Waals surface area contributed by atoms with Crippen LogP contribution in [0.2, 0.25) is 0 Å². The lowest BCUT2D eigenvalue weighted by Gasteiger charge is -2.16. The van der Waals surface area contributed by atoms with Crippen molar-refractivity contribution in [3.63, 3.8) is 0 Å². The summed E-state index contributed by atoms with van der Waals surface area (Å²) >= 11 is 0. The average molecular weight is 307 g/mol. The van der Waals surface area contributed by atoms with Crippen LogP contribution in [0.3, 0.4) is 0 Å². The first-order chi connectivity index (χ1) is 10.5. The Bertz CT molecular complexity index is 513. The summed E-state index contributed by atoms with van der Waals surface area (Å²) in [6, 6.07) is 8.01. The lowest BCUT2D eigenvalue weighted by Crippen LogP contribution is -2.78. The van der Waals surface area contributed by atoms with Crippen molar-refractivity contribution in [3.8, 4) is 0 Å². The highest BCUT2D eigenvalue weighted by molar-refractivity contribution is 5.96. The Morgan fingerprint density at radius 3 is 2.55 bits per heavy atom. The van der Waals surface area contributed by atoms with Crippen molar-refractivity contribution in [2.24, 2.45) is 11.5 Å². The van der Waals surface area contributed by atoms with Crippen molar-refractivity contribution in [2.45, 2.75) is 25.8 Å². The molecule has 0 aliphatic carbocycles. The van der Waals surface area contributed by atoms with E-state index in [0.29, 0.717) is 24.9 Å². The van der Waals surface area contributed by atoms with Crippen LogP contribution < -0.4 is 21.8 Å². The summed E-state index contributed by atoms with van der Waals surface area (Å²) in [6.07, 6.45) is 1.04. The largest absolute Gasteiger partial charge is 0.464 e. The van der Waals surface area contributed by atoms with E-state index in [-0.39, 0.29) is 18.5 Å². The van der Waals surface area contributed by atoms with E-state index in [4.69, 9.17) is 16.2 Å². The number of benzene rings is 1. The molecular formula is C15H23N4O3+. The molecule has 6 N–H and O–H groups in total. The summed E-state index contributed by atoms with van der Waals surface area (Å²) < 4.78 is 4.99. The van der Waals surface area contributed by atoms with Gasteiger partial charge in [-0.3, -0.25) is 21.3 Å². The summed E-state index contributed by atoms with van der Waals surface area (Å²) in [6.45, 7) is 2.50. The second kappa shape index (κ2) is 9.38. The molecule has 0 saturated heterocycles. The topological polar surface area (TPSA) is 121 Å². The molecule has 120 valence electrons. The lowest BCUT2D eigenvalue weighted by atomic mass is 10.1. The third kappa shape index (κ3) is 6.25. The molecule has 1 aromatic rings. The predicted molar refractivity (Wildman–Crippen MR) is 82.8 cm³/mol. The fourth-order valence-corrected chi connectivity index (χ4v) is 1.86. The fraction of sp³-hybridized carbons (Fsp3) is 0.400. The number of hydrogen-bond acceptors (Lipinski definition) is 3. The second-order valence-corrected chi connectivity index (χ2v) is 4.67. The molecule has 0 fully saturated rings. The van der Waals surface area contributed by atoms with Crippen molar-refractivity contribution in [1.29, 1.82) is 0 Å². The standard InChI is InChI=1S/C15H22N4O3/c1-2-22-14(21)12(9-6-10-18-15(16)17)19-13(20)11-7-4-3-5-8-11/h3-5,7-8,12H,2,6,9-10H2,1H3,(H,19,20)(H4,16,17,18)/p+1/t12-/m0/s1. The zero-order valence-corrected chi connectivity index (χ0v) is 12.7. The number of guanidine groups is 1. The van der Waals surface area contributed by atoms with Gasteiger partial charge in [0.05, 0.1) is 13.2 Å². The molecule has 1 rings (SSSR count). The van der Waals surface area contributed by atoms with Crippen molar-refractivity contribution in [3.05, 3.63) is 35.9 Å². The highest BCUT2D eigenvalue weighted by Crippen LogP contribution is 2.03. The number of rotatable bonds is 8. The Kier molecular flexibility index (Phi) is 7.45. The summed E-state index contributed by atoms with van der Waals surface area (Å²) in [4.78, 5) is 26.8. The zero-order chi connectivity index (χ0) is 16.4. The zero-order valence-electron chi connectivity index (χ0n) is 12.7. The molecule has 7 nitrogen and oxygen atoms in total. The monoisotopic (exact) mass is 307 g/mol. The van der Waals surface area contributed by atoms with Gasteiger partial charge in [-0.2, -0.15) is 0 Å². The summed E-state index contributed by atoms with van der Waals surface area (Å²) in [5.41, 5.74) is 11.1. The highest BCUT2D eigenvalue weighted by Gasteiger charge is 2.22. The molecule has 1 atom stereocenters. The quantitative estimate of drug-likeness (QED) is 0.201. The van der Waals surface area contributed by atoms with Gasteiger partial charge in [-0.05, 0) is 31.9 Å². The van der Waals surface area contributed by atoms with E-state index in [1.54, 1.807) is 31.2 Å². The number of esters is 1. The third-order valence-electron chi connectivity index (χ3n) is 2.91. The molecule has 0 saturated carbocycles. The van der Waals surface area contributed by atoms with Gasteiger partial charge in [-0.25, -0.2) is 4.79 Å². The van der Waals surface area contributed by atoms with Gasteiger partial charge in [-0.15, -0.1) is 0 Å². The Labute approximate surface area is 129 Å². The molecule has 0 aliphatic rings. The van der Waals surface area contributed by atoms with Gasteiger partial charge in [0.15, 0.2) is 0 Å². The number of carbonyl (C=O) groups excluding carboxylic acids is 2. The Morgan fingerprint density at radius 2 is 1.95 bits per heavy atom. The number of nitrogens with one attached hydrogen (secondary N) is 2. The van der Waals surface area contributed by atoms with Gasteiger partial charge in [-0.1, -0.05) is 18.2 Å². The number of ether oxygens (including phenoxy) is 1. The van der Waals surface area contributed by atoms with Gasteiger partial charge in [0.1, 0.15) is 6.04 Å². The second-order valence-electron chi connectivity index (χ2n) is 4.67. The molecule has 0 bridgehead atoms. The molecule has 0 heterocycles. The van der Waals surface area contributed by atoms with Crippen LogP contribution in [0.1, 0.15) is 30.1 Å². The smallest absolute Gasteiger partial charge is 0.338 e. The van der Waals surface area contributed by atoms with E-state index in [1.165, 1.54) is 0 Å². The molecular weight excluding hydrogens is 284 g/mol. The van der Waals surface area contributed by atoms with E-state index in [2.05, 4.69) is 10.3 Å². The van der Waals surface area contributed by atoms with E-state index < -0.39 is 12.0 Å². The van der Waals surface area contributed by atoms with Gasteiger partial charge in [0.25, 0.3) is 5.91 Å². The van der Waals surface area contributed by atoms with Gasteiger partial charge in [0, 0.05) is 5.56 Å². The SMILES string of the molecule is CCOC(=O)[C@H](CCC[NH+]=C(N)N)NC(=O)c1ccccc1. The molecule has 0 spiro atoms. The van der Waals surface area contributed by atoms with Crippen LogP contribution in [0.25, 0.3) is 0 Å². The Hall–Kier alpha value is -2.57. The molecule has 1 amide bonds. The van der Waals surface area contributed by atoms with Gasteiger partial charge < -0.3 is 10.1 Å². The van der Waals surface area contributed by atoms with E-state index in [1.807, 2.05) is 6.07 Å².